The molecule has 0 aliphatic rings. The number of alkyl halides is 3. The fourth-order valence-corrected chi connectivity index (χ4v) is 2.42. The molecule has 3 aromatic rings. The van der Waals surface area contributed by atoms with Crippen LogP contribution in [-0.4, -0.2) is 14.8 Å². The molecule has 4 nitrogen and oxygen atoms in total. The van der Waals surface area contributed by atoms with Crippen molar-refractivity contribution in [3.63, 3.8) is 0 Å². The highest BCUT2D eigenvalue weighted by Gasteiger charge is 2.34. The maximum Gasteiger partial charge on any atom is 0.435 e. The topological polar surface area (TPSA) is 39.9 Å². The molecule has 0 amide bonds. The number of ether oxygens (including phenoxy) is 1. The molecular weight excluding hydrogens is 331 g/mol. The van der Waals surface area contributed by atoms with Crippen LogP contribution in [0, 0.1) is 6.92 Å². The highest BCUT2D eigenvalue weighted by Crippen LogP contribution is 2.31. The Balaban J connectivity index is 1.88. The molecule has 0 spiro atoms. The first kappa shape index (κ1) is 17.0. The third-order valence-electron chi connectivity index (χ3n) is 3.61. The summed E-state index contributed by atoms with van der Waals surface area (Å²) in [6, 6.07) is 14.0. The van der Waals surface area contributed by atoms with Gasteiger partial charge in [0.05, 0.1) is 11.4 Å². The normalized spacial score (nSPS) is 11.6. The Kier molecular flexibility index (Phi) is 4.48. The maximum absolute atomic E-state index is 12.8. The van der Waals surface area contributed by atoms with Gasteiger partial charge in [0, 0.05) is 13.1 Å². The van der Waals surface area contributed by atoms with E-state index < -0.39 is 11.9 Å². The zero-order valence-electron chi connectivity index (χ0n) is 13.7. The average Bonchev–Trinajstić information content (AvgIpc) is 2.96. The molecular formula is C18H16F3N3O. The van der Waals surface area contributed by atoms with E-state index in [1.54, 1.807) is 12.1 Å². The van der Waals surface area contributed by atoms with Gasteiger partial charge < -0.3 is 4.74 Å². The number of aryl methyl sites for hydroxylation is 2. The van der Waals surface area contributed by atoms with Crippen LogP contribution in [-0.2, 0) is 19.8 Å². The van der Waals surface area contributed by atoms with E-state index in [1.807, 2.05) is 37.3 Å². The maximum atomic E-state index is 12.8. The van der Waals surface area contributed by atoms with Crippen molar-refractivity contribution in [2.45, 2.75) is 19.7 Å². The fraction of sp³-hybridized carbons (Fsp3) is 0.222. The van der Waals surface area contributed by atoms with E-state index in [2.05, 4.69) is 10.1 Å². The van der Waals surface area contributed by atoms with Gasteiger partial charge in [-0.1, -0.05) is 30.3 Å². The van der Waals surface area contributed by atoms with E-state index in [9.17, 15) is 13.2 Å². The van der Waals surface area contributed by atoms with Crippen molar-refractivity contribution in [2.24, 2.45) is 7.05 Å². The van der Waals surface area contributed by atoms with E-state index in [0.29, 0.717) is 18.2 Å². The van der Waals surface area contributed by atoms with Gasteiger partial charge in [-0.25, -0.2) is 4.98 Å². The van der Waals surface area contributed by atoms with Gasteiger partial charge in [-0.2, -0.15) is 18.3 Å². The quantitative estimate of drug-likeness (QED) is 0.703. The van der Waals surface area contributed by atoms with Crippen LogP contribution < -0.4 is 4.74 Å². The van der Waals surface area contributed by atoms with Crippen LogP contribution in [0.1, 0.15) is 16.8 Å². The van der Waals surface area contributed by atoms with Gasteiger partial charge in [0.2, 0.25) is 5.88 Å². The molecule has 0 saturated carbocycles. The molecule has 0 bridgehead atoms. The summed E-state index contributed by atoms with van der Waals surface area (Å²) in [6.45, 7) is 2.16. The second kappa shape index (κ2) is 6.58. The van der Waals surface area contributed by atoms with Crippen molar-refractivity contribution >= 4 is 0 Å². The summed E-state index contributed by atoms with van der Waals surface area (Å²) in [4.78, 5) is 4.32. The number of hydrogen-bond acceptors (Lipinski definition) is 3. The highest BCUT2D eigenvalue weighted by atomic mass is 19.4. The highest BCUT2D eigenvalue weighted by molar-refractivity contribution is 5.57. The van der Waals surface area contributed by atoms with Gasteiger partial charge in [0.15, 0.2) is 5.69 Å². The van der Waals surface area contributed by atoms with E-state index in [1.165, 1.54) is 11.7 Å². The molecule has 0 N–H and O–H groups in total. The van der Waals surface area contributed by atoms with Gasteiger partial charge >= 0.3 is 6.18 Å². The van der Waals surface area contributed by atoms with Crippen molar-refractivity contribution in [2.75, 3.05) is 0 Å². The average molecular weight is 347 g/mol. The van der Waals surface area contributed by atoms with Crippen molar-refractivity contribution in [3.8, 4) is 17.3 Å². The van der Waals surface area contributed by atoms with Gasteiger partial charge in [-0.05, 0) is 30.2 Å². The smallest absolute Gasteiger partial charge is 0.435 e. The van der Waals surface area contributed by atoms with E-state index in [4.69, 9.17) is 4.74 Å². The van der Waals surface area contributed by atoms with Crippen LogP contribution in [0.2, 0.25) is 0 Å². The monoisotopic (exact) mass is 347 g/mol. The van der Waals surface area contributed by atoms with Gasteiger partial charge in [0.25, 0.3) is 0 Å². The number of halogens is 3. The molecule has 0 atom stereocenters. The van der Waals surface area contributed by atoms with E-state index in [0.717, 1.165) is 17.2 Å². The molecule has 0 aliphatic carbocycles. The Morgan fingerprint density at radius 3 is 2.44 bits per heavy atom. The molecule has 0 unspecified atom stereocenters. The van der Waals surface area contributed by atoms with Crippen LogP contribution >= 0.6 is 0 Å². The molecule has 0 fully saturated rings. The van der Waals surface area contributed by atoms with Gasteiger partial charge in [-0.3, -0.25) is 4.68 Å². The molecule has 130 valence electrons. The standard InChI is InChI=1S/C18H16F3N3O/c1-12-8-14(15-10-16(18(19,20)21)23-24(15)2)22-17(9-12)25-11-13-6-4-3-5-7-13/h3-10H,11H2,1-2H3. The number of benzene rings is 1. The second-order valence-electron chi connectivity index (χ2n) is 5.68. The Hall–Kier alpha value is -2.83. The van der Waals surface area contributed by atoms with Crippen LogP contribution in [0.15, 0.2) is 48.5 Å². The summed E-state index contributed by atoms with van der Waals surface area (Å²) < 4.78 is 45.4. The minimum atomic E-state index is -4.49. The van der Waals surface area contributed by atoms with Crippen LogP contribution in [0.4, 0.5) is 13.2 Å². The minimum Gasteiger partial charge on any atom is -0.473 e. The largest absolute Gasteiger partial charge is 0.473 e. The second-order valence-corrected chi connectivity index (χ2v) is 5.68. The third kappa shape index (κ3) is 3.99. The molecule has 7 heteroatoms. The van der Waals surface area contributed by atoms with Crippen molar-refractivity contribution in [1.82, 2.24) is 14.8 Å². The molecule has 1 aromatic carbocycles. The van der Waals surface area contributed by atoms with Gasteiger partial charge in [0.1, 0.15) is 6.61 Å². The van der Waals surface area contributed by atoms with E-state index in [-0.39, 0.29) is 5.69 Å². The lowest BCUT2D eigenvalue weighted by atomic mass is 10.2. The molecule has 25 heavy (non-hydrogen) atoms. The fourth-order valence-electron chi connectivity index (χ4n) is 2.42. The predicted molar refractivity (Wildman–Crippen MR) is 87.0 cm³/mol. The number of pyridine rings is 1. The predicted octanol–water partition coefficient (Wildman–Crippen LogP) is 4.39. The number of aromatic nitrogens is 3. The Morgan fingerprint density at radius 1 is 1.08 bits per heavy atom. The first-order valence-electron chi connectivity index (χ1n) is 7.60. The third-order valence-corrected chi connectivity index (χ3v) is 3.61. The minimum absolute atomic E-state index is 0.278. The zero-order chi connectivity index (χ0) is 18.0. The summed E-state index contributed by atoms with van der Waals surface area (Å²) in [7, 11) is 1.46. The van der Waals surface area contributed by atoms with Crippen LogP contribution in [0.25, 0.3) is 11.4 Å². The van der Waals surface area contributed by atoms with Crippen LogP contribution in [0.5, 0.6) is 5.88 Å². The lowest BCUT2D eigenvalue weighted by Crippen LogP contribution is -2.06. The molecule has 2 heterocycles. The molecule has 2 aromatic heterocycles. The first-order chi connectivity index (χ1) is 11.8. The molecule has 0 radical (unpaired) electrons. The zero-order valence-corrected chi connectivity index (χ0v) is 13.7. The summed E-state index contributed by atoms with van der Waals surface area (Å²) in [5.74, 6) is 0.355. The molecule has 3 rings (SSSR count). The summed E-state index contributed by atoms with van der Waals surface area (Å²) in [5.41, 5.74) is 1.53. The van der Waals surface area contributed by atoms with Crippen molar-refractivity contribution in [3.05, 3.63) is 65.4 Å². The SMILES string of the molecule is Cc1cc(OCc2ccccc2)nc(-c2cc(C(F)(F)F)nn2C)c1. The van der Waals surface area contributed by atoms with Crippen molar-refractivity contribution < 1.29 is 17.9 Å². The lowest BCUT2D eigenvalue weighted by molar-refractivity contribution is -0.141. The Bertz CT molecular complexity index is 873. The Labute approximate surface area is 142 Å². The lowest BCUT2D eigenvalue weighted by Gasteiger charge is -2.09. The summed E-state index contributed by atoms with van der Waals surface area (Å²) in [6.07, 6.45) is -4.49. The molecule has 0 aliphatic heterocycles. The van der Waals surface area contributed by atoms with Crippen molar-refractivity contribution in [1.29, 1.82) is 0 Å². The number of nitrogens with zero attached hydrogens (tertiary/aromatic N) is 3. The molecule has 0 saturated heterocycles. The first-order valence-corrected chi connectivity index (χ1v) is 7.60. The Morgan fingerprint density at radius 2 is 1.80 bits per heavy atom. The number of hydrogen-bond donors (Lipinski definition) is 0. The number of rotatable bonds is 4. The summed E-state index contributed by atoms with van der Waals surface area (Å²) >= 11 is 0. The van der Waals surface area contributed by atoms with Gasteiger partial charge in [-0.15, -0.1) is 0 Å². The van der Waals surface area contributed by atoms with Crippen LogP contribution in [0.3, 0.4) is 0 Å². The summed E-state index contributed by atoms with van der Waals surface area (Å²) in [5, 5.41) is 3.52. The van der Waals surface area contributed by atoms with E-state index >= 15 is 0 Å².